The van der Waals surface area contributed by atoms with Gasteiger partial charge in [-0.25, -0.2) is 9.97 Å². The van der Waals surface area contributed by atoms with Crippen molar-refractivity contribution in [1.82, 2.24) is 14.5 Å². The fraction of sp³-hybridized carbons (Fsp3) is 0.143. The number of hydrogen-bond acceptors (Lipinski definition) is 5. The van der Waals surface area contributed by atoms with Gasteiger partial charge in [-0.05, 0) is 48.9 Å². The van der Waals surface area contributed by atoms with Gasteiger partial charge in [0.15, 0.2) is 5.82 Å². The molecular formula is C21H22Cl3N5O. The van der Waals surface area contributed by atoms with E-state index in [1.165, 1.54) is 6.33 Å². The molecule has 0 unspecified atom stereocenters. The fourth-order valence-corrected chi connectivity index (χ4v) is 3.27. The molecule has 0 bridgehead atoms. The second kappa shape index (κ2) is 10.5. The van der Waals surface area contributed by atoms with E-state index in [9.17, 15) is 0 Å². The van der Waals surface area contributed by atoms with Gasteiger partial charge in [0.25, 0.3) is 0 Å². The SMILES string of the molecule is Cc1cccc(Oc2ccc(Nc3ncnc4ccn(CCN)c34)cc2Cl)c1.Cl.Cl. The number of nitrogens with zero attached hydrogens (tertiary/aromatic N) is 3. The number of benzene rings is 2. The predicted octanol–water partition coefficient (Wildman–Crippen LogP) is 5.73. The van der Waals surface area contributed by atoms with Gasteiger partial charge in [0.05, 0.1) is 10.5 Å². The van der Waals surface area contributed by atoms with Gasteiger partial charge in [-0.2, -0.15) is 0 Å². The van der Waals surface area contributed by atoms with E-state index in [0.29, 0.717) is 29.7 Å². The lowest BCUT2D eigenvalue weighted by molar-refractivity contribution is 0.482. The summed E-state index contributed by atoms with van der Waals surface area (Å²) >= 11 is 6.44. The van der Waals surface area contributed by atoms with Gasteiger partial charge in [-0.3, -0.25) is 0 Å². The Morgan fingerprint density at radius 2 is 1.93 bits per heavy atom. The van der Waals surface area contributed by atoms with Crippen molar-refractivity contribution in [3.05, 3.63) is 71.6 Å². The molecule has 0 saturated heterocycles. The highest BCUT2D eigenvalue weighted by Gasteiger charge is 2.11. The number of aromatic nitrogens is 3. The molecule has 0 fully saturated rings. The van der Waals surface area contributed by atoms with Crippen LogP contribution < -0.4 is 15.8 Å². The summed E-state index contributed by atoms with van der Waals surface area (Å²) in [6.45, 7) is 3.25. The number of ether oxygens (including phenoxy) is 1. The first-order chi connectivity index (χ1) is 13.6. The van der Waals surface area contributed by atoms with Crippen LogP contribution in [0.15, 0.2) is 61.1 Å². The van der Waals surface area contributed by atoms with E-state index in [2.05, 4.69) is 15.3 Å². The maximum Gasteiger partial charge on any atom is 0.158 e. The topological polar surface area (TPSA) is 78.0 Å². The highest BCUT2D eigenvalue weighted by molar-refractivity contribution is 6.32. The zero-order valence-electron chi connectivity index (χ0n) is 16.2. The highest BCUT2D eigenvalue weighted by atomic mass is 35.5. The predicted molar refractivity (Wildman–Crippen MR) is 127 cm³/mol. The van der Waals surface area contributed by atoms with Crippen molar-refractivity contribution in [2.45, 2.75) is 13.5 Å². The molecule has 30 heavy (non-hydrogen) atoms. The largest absolute Gasteiger partial charge is 0.456 e. The molecule has 0 atom stereocenters. The minimum atomic E-state index is 0. The van der Waals surface area contributed by atoms with Gasteiger partial charge in [-0.15, -0.1) is 24.8 Å². The average molecular weight is 467 g/mol. The molecule has 2 aromatic carbocycles. The Kier molecular flexibility index (Phi) is 8.32. The van der Waals surface area contributed by atoms with Gasteiger partial charge in [0.2, 0.25) is 0 Å². The Balaban J connectivity index is 0.00000160. The van der Waals surface area contributed by atoms with E-state index in [0.717, 1.165) is 28.0 Å². The first kappa shape index (κ1) is 23.8. The second-order valence-electron chi connectivity index (χ2n) is 6.44. The quantitative estimate of drug-likeness (QED) is 0.379. The van der Waals surface area contributed by atoms with Crippen molar-refractivity contribution in [2.24, 2.45) is 5.73 Å². The zero-order valence-corrected chi connectivity index (χ0v) is 18.6. The van der Waals surface area contributed by atoms with Crippen LogP contribution >= 0.6 is 36.4 Å². The van der Waals surface area contributed by atoms with Crippen LogP contribution in [-0.2, 0) is 6.54 Å². The third kappa shape index (κ3) is 5.15. The molecule has 2 aromatic heterocycles. The molecule has 6 nitrogen and oxygen atoms in total. The molecule has 0 aliphatic carbocycles. The number of nitrogens with two attached hydrogens (primary N) is 1. The second-order valence-corrected chi connectivity index (χ2v) is 6.85. The van der Waals surface area contributed by atoms with Crippen LogP contribution in [0.3, 0.4) is 0 Å². The minimum Gasteiger partial charge on any atom is -0.456 e. The summed E-state index contributed by atoms with van der Waals surface area (Å²) in [5.41, 5.74) is 9.41. The molecule has 0 amide bonds. The van der Waals surface area contributed by atoms with E-state index in [1.807, 2.05) is 66.2 Å². The number of rotatable bonds is 6. The zero-order chi connectivity index (χ0) is 19.5. The van der Waals surface area contributed by atoms with Crippen molar-refractivity contribution < 1.29 is 4.74 Å². The molecule has 3 N–H and O–H groups in total. The molecule has 9 heteroatoms. The number of halogens is 3. The van der Waals surface area contributed by atoms with Gasteiger partial charge >= 0.3 is 0 Å². The molecule has 0 radical (unpaired) electrons. The molecule has 4 aromatic rings. The third-order valence-corrected chi connectivity index (χ3v) is 4.63. The summed E-state index contributed by atoms with van der Waals surface area (Å²) in [7, 11) is 0. The first-order valence-corrected chi connectivity index (χ1v) is 9.33. The molecule has 158 valence electrons. The number of aryl methyl sites for hydroxylation is 1. The van der Waals surface area contributed by atoms with Crippen LogP contribution in [0.5, 0.6) is 11.5 Å². The summed E-state index contributed by atoms with van der Waals surface area (Å²) in [4.78, 5) is 8.70. The van der Waals surface area contributed by atoms with Gasteiger partial charge < -0.3 is 20.4 Å². The van der Waals surface area contributed by atoms with Gasteiger partial charge in [0.1, 0.15) is 23.3 Å². The van der Waals surface area contributed by atoms with Crippen LogP contribution in [0, 0.1) is 6.92 Å². The van der Waals surface area contributed by atoms with Crippen LogP contribution in [0.4, 0.5) is 11.5 Å². The van der Waals surface area contributed by atoms with E-state index in [1.54, 1.807) is 0 Å². The van der Waals surface area contributed by atoms with Gasteiger partial charge in [-0.1, -0.05) is 23.7 Å². The molecule has 0 saturated carbocycles. The van der Waals surface area contributed by atoms with Crippen molar-refractivity contribution in [3.8, 4) is 11.5 Å². The summed E-state index contributed by atoms with van der Waals surface area (Å²) < 4.78 is 7.94. The summed E-state index contributed by atoms with van der Waals surface area (Å²) in [6, 6.07) is 15.3. The van der Waals surface area contributed by atoms with Crippen molar-refractivity contribution in [2.75, 3.05) is 11.9 Å². The van der Waals surface area contributed by atoms with Crippen LogP contribution in [0.25, 0.3) is 11.0 Å². The maximum absolute atomic E-state index is 6.44. The molecule has 0 aliphatic heterocycles. The van der Waals surface area contributed by atoms with Crippen molar-refractivity contribution in [3.63, 3.8) is 0 Å². The number of nitrogens with one attached hydrogen (secondary N) is 1. The summed E-state index contributed by atoms with van der Waals surface area (Å²) in [6.07, 6.45) is 3.50. The van der Waals surface area contributed by atoms with Gasteiger partial charge in [0, 0.05) is 25.0 Å². The monoisotopic (exact) mass is 465 g/mol. The van der Waals surface area contributed by atoms with E-state index < -0.39 is 0 Å². The van der Waals surface area contributed by atoms with Crippen LogP contribution in [-0.4, -0.2) is 21.1 Å². The van der Waals surface area contributed by atoms with Crippen molar-refractivity contribution in [1.29, 1.82) is 0 Å². The Bertz CT molecular complexity index is 1130. The Morgan fingerprint density at radius 1 is 1.10 bits per heavy atom. The van der Waals surface area contributed by atoms with E-state index in [-0.39, 0.29) is 24.8 Å². The lowest BCUT2D eigenvalue weighted by Gasteiger charge is -2.12. The maximum atomic E-state index is 6.44. The lowest BCUT2D eigenvalue weighted by atomic mass is 10.2. The number of anilines is 2. The lowest BCUT2D eigenvalue weighted by Crippen LogP contribution is -2.10. The average Bonchev–Trinajstić information content (AvgIpc) is 3.09. The van der Waals surface area contributed by atoms with Crippen molar-refractivity contribution >= 4 is 59.0 Å². The van der Waals surface area contributed by atoms with E-state index in [4.69, 9.17) is 22.1 Å². The molecule has 0 aliphatic rings. The number of fused-ring (bicyclic) bond motifs is 1. The van der Waals surface area contributed by atoms with Crippen LogP contribution in [0.1, 0.15) is 5.56 Å². The molecular weight excluding hydrogens is 445 g/mol. The highest BCUT2D eigenvalue weighted by Crippen LogP contribution is 2.33. The normalized spacial score (nSPS) is 10.2. The van der Waals surface area contributed by atoms with E-state index >= 15 is 0 Å². The van der Waals surface area contributed by atoms with Crippen LogP contribution in [0.2, 0.25) is 5.02 Å². The fourth-order valence-electron chi connectivity index (χ4n) is 3.05. The smallest absolute Gasteiger partial charge is 0.158 e. The molecule has 2 heterocycles. The Hall–Kier alpha value is -2.51. The summed E-state index contributed by atoms with van der Waals surface area (Å²) in [5, 5.41) is 3.83. The Morgan fingerprint density at radius 3 is 2.67 bits per heavy atom. The minimum absolute atomic E-state index is 0. The summed E-state index contributed by atoms with van der Waals surface area (Å²) in [5.74, 6) is 2.05. The number of hydrogen-bond donors (Lipinski definition) is 2. The Labute approximate surface area is 192 Å². The standard InChI is InChI=1S/C21H20ClN5O.2ClH/c1-14-3-2-4-16(11-14)28-19-6-5-15(12-17(19)22)26-21-20-18(24-13-25-21)7-9-27(20)10-8-23;;/h2-7,9,11-13H,8,10,23H2,1H3,(H,24,25,26);2*1H. The third-order valence-electron chi connectivity index (χ3n) is 4.33. The molecule has 0 spiro atoms. The molecule has 4 rings (SSSR count). The first-order valence-electron chi connectivity index (χ1n) is 8.95.